The number of nitrogens with two attached hydrogens (primary N) is 1. The van der Waals surface area contributed by atoms with Crippen LogP contribution in [0.5, 0.6) is 5.75 Å². The maximum absolute atomic E-state index is 9.58. The third kappa shape index (κ3) is 2.18. The van der Waals surface area contributed by atoms with Crippen LogP contribution in [0, 0.1) is 11.3 Å². The summed E-state index contributed by atoms with van der Waals surface area (Å²) >= 11 is 5.99. The van der Waals surface area contributed by atoms with E-state index in [2.05, 4.69) is 11.1 Å². The highest BCUT2D eigenvalue weighted by molar-refractivity contribution is 6.30. The van der Waals surface area contributed by atoms with Gasteiger partial charge in [-0.05, 0) is 23.8 Å². The molecule has 5 heteroatoms. The molecule has 0 bridgehead atoms. The maximum Gasteiger partial charge on any atom is 0.205 e. The predicted octanol–water partition coefficient (Wildman–Crippen LogP) is 4.11. The molecular weight excluding hydrogens is 322 g/mol. The van der Waals surface area contributed by atoms with E-state index in [-0.39, 0.29) is 11.8 Å². The lowest BCUT2D eigenvalue weighted by Gasteiger charge is -2.27. The van der Waals surface area contributed by atoms with Crippen molar-refractivity contribution in [3.05, 3.63) is 82.3 Å². The normalized spacial score (nSPS) is 16.4. The molecule has 3 aromatic rings. The predicted molar refractivity (Wildman–Crippen MR) is 92.5 cm³/mol. The van der Waals surface area contributed by atoms with Gasteiger partial charge in [0, 0.05) is 22.2 Å². The smallest absolute Gasteiger partial charge is 0.205 e. The molecule has 2 N–H and O–H groups in total. The van der Waals surface area contributed by atoms with Gasteiger partial charge in [-0.1, -0.05) is 41.9 Å². The second-order valence-electron chi connectivity index (χ2n) is 5.54. The molecule has 24 heavy (non-hydrogen) atoms. The fourth-order valence-electron chi connectivity index (χ4n) is 3.05. The zero-order valence-corrected chi connectivity index (χ0v) is 13.3. The highest BCUT2D eigenvalue weighted by atomic mass is 35.5. The summed E-state index contributed by atoms with van der Waals surface area (Å²) in [5.74, 6) is 0.412. The van der Waals surface area contributed by atoms with Gasteiger partial charge in [-0.3, -0.25) is 4.98 Å². The van der Waals surface area contributed by atoms with Crippen LogP contribution in [0.2, 0.25) is 5.02 Å². The summed E-state index contributed by atoms with van der Waals surface area (Å²) in [6, 6.07) is 17.3. The Morgan fingerprint density at radius 2 is 1.92 bits per heavy atom. The number of benzene rings is 2. The van der Waals surface area contributed by atoms with Crippen LogP contribution in [-0.4, -0.2) is 4.98 Å². The van der Waals surface area contributed by atoms with Crippen LogP contribution in [-0.2, 0) is 0 Å². The molecule has 0 aliphatic carbocycles. The molecule has 1 aliphatic heterocycles. The minimum atomic E-state index is -0.303. The zero-order valence-electron chi connectivity index (χ0n) is 12.5. The number of aromatic nitrogens is 1. The highest BCUT2D eigenvalue weighted by Gasteiger charge is 2.31. The van der Waals surface area contributed by atoms with Crippen LogP contribution < -0.4 is 10.5 Å². The first-order chi connectivity index (χ1) is 11.7. The Kier molecular flexibility index (Phi) is 3.37. The summed E-state index contributed by atoms with van der Waals surface area (Å²) in [4.78, 5) is 4.41. The first kappa shape index (κ1) is 14.6. The number of fused-ring (bicyclic) bond motifs is 3. The van der Waals surface area contributed by atoms with Gasteiger partial charge in [-0.25, -0.2) is 0 Å². The lowest BCUT2D eigenvalue weighted by Crippen LogP contribution is -2.21. The van der Waals surface area contributed by atoms with Crippen LogP contribution in [0.25, 0.3) is 10.9 Å². The molecule has 0 unspecified atom stereocenters. The minimum Gasteiger partial charge on any atom is -0.438 e. The lowest BCUT2D eigenvalue weighted by atomic mass is 9.83. The summed E-state index contributed by atoms with van der Waals surface area (Å²) in [5.41, 5.74) is 8.95. The summed E-state index contributed by atoms with van der Waals surface area (Å²) in [6.07, 6.45) is 1.71. The molecule has 4 rings (SSSR count). The summed E-state index contributed by atoms with van der Waals surface area (Å²) < 4.78 is 5.77. The van der Waals surface area contributed by atoms with Crippen LogP contribution >= 0.6 is 11.6 Å². The van der Waals surface area contributed by atoms with Gasteiger partial charge in [0.2, 0.25) is 5.88 Å². The van der Waals surface area contributed by atoms with Crippen LogP contribution in [0.1, 0.15) is 17.0 Å². The average molecular weight is 334 g/mol. The number of hydrogen-bond acceptors (Lipinski definition) is 4. The topological polar surface area (TPSA) is 71.9 Å². The van der Waals surface area contributed by atoms with Gasteiger partial charge in [0.25, 0.3) is 0 Å². The van der Waals surface area contributed by atoms with E-state index in [0.717, 1.165) is 22.0 Å². The van der Waals surface area contributed by atoms with Crippen molar-refractivity contribution in [2.75, 3.05) is 0 Å². The molecule has 1 aliphatic rings. The Morgan fingerprint density at radius 1 is 1.12 bits per heavy atom. The molecule has 0 amide bonds. The van der Waals surface area contributed by atoms with Crippen molar-refractivity contribution in [3.8, 4) is 11.8 Å². The lowest BCUT2D eigenvalue weighted by molar-refractivity contribution is 0.397. The molecular formula is C19H12ClN3O. The van der Waals surface area contributed by atoms with Crippen molar-refractivity contribution in [2.24, 2.45) is 5.73 Å². The quantitative estimate of drug-likeness (QED) is 0.727. The first-order valence-electron chi connectivity index (χ1n) is 7.39. The van der Waals surface area contributed by atoms with Gasteiger partial charge in [0.1, 0.15) is 17.2 Å². The van der Waals surface area contributed by atoms with E-state index < -0.39 is 0 Å². The molecule has 1 atom stereocenters. The third-order valence-corrected chi connectivity index (χ3v) is 4.41. The molecule has 4 nitrogen and oxygen atoms in total. The van der Waals surface area contributed by atoms with Crippen molar-refractivity contribution in [2.45, 2.75) is 5.92 Å². The number of nitrogens with zero attached hydrogens (tertiary/aromatic N) is 2. The number of halogens is 1. The highest BCUT2D eigenvalue weighted by Crippen LogP contribution is 2.44. The van der Waals surface area contributed by atoms with Crippen molar-refractivity contribution >= 4 is 22.5 Å². The first-order valence-corrected chi connectivity index (χ1v) is 7.77. The fraction of sp³-hybridized carbons (Fsp3) is 0.0526. The molecule has 1 aromatic heterocycles. The van der Waals surface area contributed by atoms with Crippen LogP contribution in [0.3, 0.4) is 0 Å². The maximum atomic E-state index is 9.58. The van der Waals surface area contributed by atoms with E-state index in [9.17, 15) is 5.26 Å². The number of pyridine rings is 1. The van der Waals surface area contributed by atoms with E-state index in [1.54, 1.807) is 18.3 Å². The Hall–Kier alpha value is -3.03. The molecule has 0 radical (unpaired) electrons. The van der Waals surface area contributed by atoms with Gasteiger partial charge in [-0.2, -0.15) is 5.26 Å². The summed E-state index contributed by atoms with van der Waals surface area (Å²) in [6.45, 7) is 0. The third-order valence-electron chi connectivity index (χ3n) is 4.16. The number of hydrogen-bond donors (Lipinski definition) is 1. The standard InChI is InChI=1S/C19H12ClN3O/c20-13-6-3-11(4-7-13)16-14-8-5-12-2-1-9-23-17(12)18(14)24-19(22)15(16)10-21/h1-9,16H,22H2/t16-/m0/s1. The molecule has 2 heterocycles. The Morgan fingerprint density at radius 3 is 2.67 bits per heavy atom. The minimum absolute atomic E-state index is 0.114. The van der Waals surface area contributed by atoms with Crippen molar-refractivity contribution < 1.29 is 4.74 Å². The fourth-order valence-corrected chi connectivity index (χ4v) is 3.18. The van der Waals surface area contributed by atoms with E-state index >= 15 is 0 Å². The summed E-state index contributed by atoms with van der Waals surface area (Å²) in [7, 11) is 0. The number of rotatable bonds is 1. The Labute approximate surface area is 143 Å². The molecule has 0 saturated carbocycles. The van der Waals surface area contributed by atoms with Gasteiger partial charge in [-0.15, -0.1) is 0 Å². The van der Waals surface area contributed by atoms with Gasteiger partial charge in [0.15, 0.2) is 5.75 Å². The Bertz CT molecular complexity index is 1020. The largest absolute Gasteiger partial charge is 0.438 e. The molecule has 116 valence electrons. The molecule has 0 spiro atoms. The van der Waals surface area contributed by atoms with Crippen molar-refractivity contribution in [1.29, 1.82) is 5.26 Å². The monoisotopic (exact) mass is 333 g/mol. The van der Waals surface area contributed by atoms with Crippen LogP contribution in [0.15, 0.2) is 66.2 Å². The van der Waals surface area contributed by atoms with Crippen molar-refractivity contribution in [1.82, 2.24) is 4.98 Å². The number of nitriles is 1. The molecule has 0 fully saturated rings. The SMILES string of the molecule is N#CC1=C(N)Oc2c(ccc3cccnc23)[C@@H]1c1ccc(Cl)cc1. The molecule has 0 saturated heterocycles. The van der Waals surface area contributed by atoms with E-state index in [0.29, 0.717) is 16.3 Å². The average Bonchev–Trinajstić information content (AvgIpc) is 2.61. The van der Waals surface area contributed by atoms with Crippen LogP contribution in [0.4, 0.5) is 0 Å². The second kappa shape index (κ2) is 5.55. The van der Waals surface area contributed by atoms with E-state index in [1.165, 1.54) is 0 Å². The zero-order chi connectivity index (χ0) is 16.7. The van der Waals surface area contributed by atoms with E-state index in [4.69, 9.17) is 22.1 Å². The van der Waals surface area contributed by atoms with Gasteiger partial charge >= 0.3 is 0 Å². The van der Waals surface area contributed by atoms with E-state index in [1.807, 2.05) is 36.4 Å². The second-order valence-corrected chi connectivity index (χ2v) is 5.97. The summed E-state index contributed by atoms with van der Waals surface area (Å²) in [5, 5.41) is 11.2. The van der Waals surface area contributed by atoms with Gasteiger partial charge < -0.3 is 10.5 Å². The Balaban J connectivity index is 2.00. The number of ether oxygens (including phenoxy) is 1. The number of allylic oxidation sites excluding steroid dienone is 1. The molecule has 2 aromatic carbocycles. The van der Waals surface area contributed by atoms with Gasteiger partial charge in [0.05, 0.1) is 5.92 Å². The van der Waals surface area contributed by atoms with Crippen molar-refractivity contribution in [3.63, 3.8) is 0 Å².